The maximum atomic E-state index is 12.3. The van der Waals surface area contributed by atoms with Crippen molar-refractivity contribution in [3.05, 3.63) is 29.0 Å². The first-order chi connectivity index (χ1) is 7.64. The molecule has 0 amide bonds. The van der Waals surface area contributed by atoms with Crippen LogP contribution in [0, 0.1) is 0 Å². The molecule has 0 bridgehead atoms. The van der Waals surface area contributed by atoms with Crippen LogP contribution < -0.4 is 0 Å². The minimum Gasteiger partial charge on any atom is -0.249 e. The van der Waals surface area contributed by atoms with Crippen LogP contribution in [0.15, 0.2) is 22.7 Å². The Morgan fingerprint density at radius 1 is 1.62 bits per heavy atom. The van der Waals surface area contributed by atoms with Crippen molar-refractivity contribution in [2.75, 3.05) is 12.8 Å². The Bertz CT molecular complexity index is 477. The summed E-state index contributed by atoms with van der Waals surface area (Å²) in [4.78, 5) is 4.04. The summed E-state index contributed by atoms with van der Waals surface area (Å²) in [7, 11) is -0.309. The van der Waals surface area contributed by atoms with E-state index < -0.39 is 9.73 Å². The Morgan fingerprint density at radius 2 is 2.44 bits per heavy atom. The molecule has 1 aliphatic rings. The number of aromatic nitrogens is 1. The monoisotopic (exact) mass is 258 g/mol. The van der Waals surface area contributed by atoms with E-state index in [0.29, 0.717) is 5.15 Å². The normalized spacial score (nSPS) is 29.2. The zero-order valence-electron chi connectivity index (χ0n) is 9.23. The minimum atomic E-state index is -1.98. The lowest BCUT2D eigenvalue weighted by Crippen LogP contribution is -2.18. The molecule has 2 atom stereocenters. The van der Waals surface area contributed by atoms with E-state index in [1.54, 1.807) is 19.3 Å². The first kappa shape index (κ1) is 11.9. The van der Waals surface area contributed by atoms with Gasteiger partial charge in [-0.1, -0.05) is 17.7 Å². The summed E-state index contributed by atoms with van der Waals surface area (Å²) in [6.45, 7) is 0. The van der Waals surface area contributed by atoms with Crippen molar-refractivity contribution in [2.45, 2.75) is 24.5 Å². The average molecular weight is 259 g/mol. The lowest BCUT2D eigenvalue weighted by Gasteiger charge is -2.12. The molecule has 1 aromatic heterocycles. The summed E-state index contributed by atoms with van der Waals surface area (Å²) in [6.07, 6.45) is 4.57. The zero-order valence-corrected chi connectivity index (χ0v) is 10.8. The minimum absolute atomic E-state index is 0.181. The van der Waals surface area contributed by atoms with Gasteiger partial charge in [-0.25, -0.2) is 13.6 Å². The Kier molecular flexibility index (Phi) is 3.50. The molecule has 0 N–H and O–H groups in total. The van der Waals surface area contributed by atoms with Gasteiger partial charge in [-0.3, -0.25) is 0 Å². The summed E-state index contributed by atoms with van der Waals surface area (Å²) < 4.78 is 16.4. The quantitative estimate of drug-likeness (QED) is 0.765. The molecule has 5 heteroatoms. The highest BCUT2D eigenvalue weighted by Gasteiger charge is 2.28. The highest BCUT2D eigenvalue weighted by Crippen LogP contribution is 2.25. The van der Waals surface area contributed by atoms with Crippen molar-refractivity contribution in [1.29, 1.82) is 0 Å². The van der Waals surface area contributed by atoms with E-state index in [-0.39, 0.29) is 5.25 Å². The van der Waals surface area contributed by atoms with Crippen LogP contribution >= 0.6 is 11.6 Å². The van der Waals surface area contributed by atoms with Gasteiger partial charge in [0.2, 0.25) is 0 Å². The number of hydrogen-bond donors (Lipinski definition) is 0. The molecule has 0 radical (unpaired) electrons. The second kappa shape index (κ2) is 4.72. The molecule has 2 rings (SSSR count). The van der Waals surface area contributed by atoms with Gasteiger partial charge in [-0.2, -0.15) is 0 Å². The second-order valence-electron chi connectivity index (χ2n) is 4.03. The summed E-state index contributed by atoms with van der Waals surface area (Å²) in [5.74, 6) is 0.745. The largest absolute Gasteiger partial charge is 0.249 e. The summed E-state index contributed by atoms with van der Waals surface area (Å²) >= 11 is 5.73. The van der Waals surface area contributed by atoms with E-state index in [1.807, 2.05) is 6.07 Å². The van der Waals surface area contributed by atoms with Crippen molar-refractivity contribution in [1.82, 2.24) is 4.98 Å². The number of rotatable bonds is 2. The molecule has 16 heavy (non-hydrogen) atoms. The molecule has 1 unspecified atom stereocenters. The summed E-state index contributed by atoms with van der Waals surface area (Å²) in [5.41, 5.74) is 1.09. The molecule has 3 nitrogen and oxygen atoms in total. The third-order valence-corrected chi connectivity index (χ3v) is 6.20. The van der Waals surface area contributed by atoms with Gasteiger partial charge in [0.15, 0.2) is 0 Å². The van der Waals surface area contributed by atoms with E-state index in [0.717, 1.165) is 30.6 Å². The van der Waals surface area contributed by atoms with Crippen LogP contribution in [0.4, 0.5) is 0 Å². The van der Waals surface area contributed by atoms with Gasteiger partial charge < -0.3 is 0 Å². The van der Waals surface area contributed by atoms with Gasteiger partial charge in [-0.05, 0) is 30.9 Å². The Balaban J connectivity index is 2.16. The molecule has 0 spiro atoms. The number of nitrogens with zero attached hydrogens (tertiary/aromatic N) is 2. The van der Waals surface area contributed by atoms with Crippen LogP contribution in [0.25, 0.3) is 0 Å². The van der Waals surface area contributed by atoms with Gasteiger partial charge in [0.25, 0.3) is 0 Å². The highest BCUT2D eigenvalue weighted by atomic mass is 35.5. The zero-order chi connectivity index (χ0) is 11.6. The van der Waals surface area contributed by atoms with E-state index in [4.69, 9.17) is 11.6 Å². The maximum Gasteiger partial charge on any atom is 0.129 e. The van der Waals surface area contributed by atoms with Crippen LogP contribution in [0.3, 0.4) is 0 Å². The number of hydrogen-bond acceptors (Lipinski definition) is 3. The van der Waals surface area contributed by atoms with Gasteiger partial charge in [-0.15, -0.1) is 0 Å². The van der Waals surface area contributed by atoms with E-state index >= 15 is 0 Å². The topological polar surface area (TPSA) is 42.3 Å². The van der Waals surface area contributed by atoms with E-state index in [2.05, 4.69) is 9.35 Å². The second-order valence-corrected chi connectivity index (χ2v) is 7.24. The maximum absolute atomic E-state index is 12.3. The number of halogens is 1. The fourth-order valence-corrected chi connectivity index (χ4v) is 4.63. The average Bonchev–Trinajstić information content (AvgIpc) is 2.65. The smallest absolute Gasteiger partial charge is 0.129 e. The van der Waals surface area contributed by atoms with E-state index in [1.165, 1.54) is 0 Å². The lowest BCUT2D eigenvalue weighted by molar-refractivity contribution is 0.666. The highest BCUT2D eigenvalue weighted by molar-refractivity contribution is 7.94. The predicted octanol–water partition coefficient (Wildman–Crippen LogP) is 2.54. The van der Waals surface area contributed by atoms with Gasteiger partial charge >= 0.3 is 0 Å². The third kappa shape index (κ3) is 2.38. The Labute approximate surface area is 101 Å². The molecule has 2 heterocycles. The molecule has 1 saturated heterocycles. The molecular weight excluding hydrogens is 244 g/mol. The standard InChI is InChI=1S/C11H15ClN2OS/c1-13-16(15)6-2-3-10(16)7-9-4-5-11(12)14-8-9/h4-5,8,10H,2-3,6-7H2,1H3/t10-,16?/m1/s1. The summed E-state index contributed by atoms with van der Waals surface area (Å²) in [6, 6.07) is 3.72. The van der Waals surface area contributed by atoms with Crippen molar-refractivity contribution in [3.63, 3.8) is 0 Å². The van der Waals surface area contributed by atoms with Crippen LogP contribution in [0.5, 0.6) is 0 Å². The van der Waals surface area contributed by atoms with Crippen molar-refractivity contribution >= 4 is 21.3 Å². The molecule has 1 aliphatic heterocycles. The van der Waals surface area contributed by atoms with Gasteiger partial charge in [0, 0.05) is 34.0 Å². The molecule has 0 aromatic carbocycles. The first-order valence-electron chi connectivity index (χ1n) is 5.36. The van der Waals surface area contributed by atoms with Crippen molar-refractivity contribution in [3.8, 4) is 0 Å². The van der Waals surface area contributed by atoms with Crippen LogP contribution in [-0.2, 0) is 16.1 Å². The molecule has 0 aliphatic carbocycles. The molecule has 0 saturated carbocycles. The van der Waals surface area contributed by atoms with Gasteiger partial charge in [0.05, 0.1) is 0 Å². The van der Waals surface area contributed by atoms with Crippen LogP contribution in [0.1, 0.15) is 18.4 Å². The predicted molar refractivity (Wildman–Crippen MR) is 67.3 cm³/mol. The van der Waals surface area contributed by atoms with Crippen molar-refractivity contribution < 1.29 is 4.21 Å². The van der Waals surface area contributed by atoms with Crippen LogP contribution in [0.2, 0.25) is 5.15 Å². The van der Waals surface area contributed by atoms with Crippen LogP contribution in [-0.4, -0.2) is 27.2 Å². The Morgan fingerprint density at radius 3 is 3.06 bits per heavy atom. The fourth-order valence-electron chi connectivity index (χ4n) is 2.13. The van der Waals surface area contributed by atoms with E-state index in [9.17, 15) is 4.21 Å². The third-order valence-electron chi connectivity index (χ3n) is 3.04. The molecular formula is C11H15ClN2OS. The van der Waals surface area contributed by atoms with Crippen molar-refractivity contribution in [2.24, 2.45) is 4.36 Å². The fraction of sp³-hybridized carbons (Fsp3) is 0.545. The first-order valence-corrected chi connectivity index (χ1v) is 7.49. The lowest BCUT2D eigenvalue weighted by atomic mass is 10.1. The Hall–Kier alpha value is -0.610. The molecule has 88 valence electrons. The molecule has 1 aromatic rings. The van der Waals surface area contributed by atoms with Gasteiger partial charge in [0.1, 0.15) is 5.15 Å². The molecule has 1 fully saturated rings. The SMILES string of the molecule is CN=S1(=O)CCC[C@@H]1Cc1ccc(Cl)nc1. The number of pyridine rings is 1. The summed E-state index contributed by atoms with van der Waals surface area (Å²) in [5, 5.41) is 0.677.